The minimum atomic E-state index is -2.88. The van der Waals surface area contributed by atoms with E-state index in [4.69, 9.17) is 11.6 Å². The molecule has 0 fully saturated rings. The van der Waals surface area contributed by atoms with Crippen LogP contribution in [0.2, 0.25) is 5.02 Å². The molecule has 0 atom stereocenters. The normalized spacial score (nSPS) is 11.0. The Kier molecular flexibility index (Phi) is 6.70. The summed E-state index contributed by atoms with van der Waals surface area (Å²) < 4.78 is 30.7. The summed E-state index contributed by atoms with van der Waals surface area (Å²) in [6.45, 7) is -0.175. The van der Waals surface area contributed by atoms with Gasteiger partial charge in [0.15, 0.2) is 0 Å². The first-order valence-corrected chi connectivity index (χ1v) is 9.95. The highest BCUT2D eigenvalue weighted by atomic mass is 35.5. The Morgan fingerprint density at radius 3 is 2.61 bits per heavy atom. The molecule has 1 aromatic heterocycles. The van der Waals surface area contributed by atoms with Crippen LogP contribution >= 0.6 is 23.1 Å². The number of aryl methyl sites for hydroxylation is 1. The molecular weight excluding hydrogens is 406 g/mol. The summed E-state index contributed by atoms with van der Waals surface area (Å²) in [5, 5.41) is 3.71. The van der Waals surface area contributed by atoms with Gasteiger partial charge >= 0.3 is 6.61 Å². The van der Waals surface area contributed by atoms with Crippen molar-refractivity contribution in [2.45, 2.75) is 32.9 Å². The Morgan fingerprint density at radius 1 is 1.21 bits per heavy atom. The number of halogens is 3. The van der Waals surface area contributed by atoms with Gasteiger partial charge < -0.3 is 10.1 Å². The molecule has 148 valence electrons. The standard InChI is InChI=1S/C20H19ClF2N2O2S/c1-2-3-11-25-19(26)17(18(28-25)13-5-4-6-14(21)12-13)24-15-7-9-16(10-8-15)27-20(22)23/h4-10,12,20,24H,2-3,11H2,1H3. The maximum absolute atomic E-state index is 12.9. The zero-order chi connectivity index (χ0) is 20.1. The van der Waals surface area contributed by atoms with Gasteiger partial charge in [0.05, 0.1) is 4.88 Å². The molecular formula is C20H19ClF2N2O2S. The molecule has 28 heavy (non-hydrogen) atoms. The highest BCUT2D eigenvalue weighted by Gasteiger charge is 2.17. The van der Waals surface area contributed by atoms with E-state index in [0.29, 0.717) is 22.9 Å². The van der Waals surface area contributed by atoms with Crippen LogP contribution in [0.25, 0.3) is 10.4 Å². The summed E-state index contributed by atoms with van der Waals surface area (Å²) in [4.78, 5) is 13.7. The highest BCUT2D eigenvalue weighted by Crippen LogP contribution is 2.34. The minimum Gasteiger partial charge on any atom is -0.435 e. The second-order valence-electron chi connectivity index (χ2n) is 6.09. The average Bonchev–Trinajstić information content (AvgIpc) is 2.97. The van der Waals surface area contributed by atoms with Gasteiger partial charge in [0, 0.05) is 17.3 Å². The highest BCUT2D eigenvalue weighted by molar-refractivity contribution is 7.10. The Morgan fingerprint density at radius 2 is 1.96 bits per heavy atom. The van der Waals surface area contributed by atoms with Crippen molar-refractivity contribution in [1.82, 2.24) is 3.96 Å². The fourth-order valence-electron chi connectivity index (χ4n) is 2.67. The van der Waals surface area contributed by atoms with Crippen molar-refractivity contribution in [3.63, 3.8) is 0 Å². The quantitative estimate of drug-likeness (QED) is 0.456. The fraction of sp³-hybridized carbons (Fsp3) is 0.250. The van der Waals surface area contributed by atoms with E-state index < -0.39 is 6.61 Å². The third-order valence-electron chi connectivity index (χ3n) is 4.02. The summed E-state index contributed by atoms with van der Waals surface area (Å²) in [5.41, 5.74) is 1.75. The van der Waals surface area contributed by atoms with Crippen LogP contribution in [0.5, 0.6) is 5.75 Å². The lowest BCUT2D eigenvalue weighted by Crippen LogP contribution is -2.16. The first kappa shape index (κ1) is 20.4. The van der Waals surface area contributed by atoms with Crippen molar-refractivity contribution >= 4 is 34.5 Å². The maximum atomic E-state index is 12.9. The first-order valence-electron chi connectivity index (χ1n) is 8.80. The van der Waals surface area contributed by atoms with Crippen LogP contribution in [-0.2, 0) is 6.54 Å². The molecule has 0 aliphatic carbocycles. The minimum absolute atomic E-state index is 0.0568. The predicted molar refractivity (Wildman–Crippen MR) is 110 cm³/mol. The second kappa shape index (κ2) is 9.21. The number of benzene rings is 2. The van der Waals surface area contributed by atoms with Crippen molar-refractivity contribution < 1.29 is 13.5 Å². The molecule has 8 heteroatoms. The van der Waals surface area contributed by atoms with Crippen LogP contribution in [0.4, 0.5) is 20.2 Å². The van der Waals surface area contributed by atoms with E-state index in [1.54, 1.807) is 22.2 Å². The zero-order valence-corrected chi connectivity index (χ0v) is 16.7. The molecule has 0 unspecified atom stereocenters. The van der Waals surface area contributed by atoms with Crippen LogP contribution < -0.4 is 15.6 Å². The first-order chi connectivity index (χ1) is 13.5. The van der Waals surface area contributed by atoms with Crippen LogP contribution in [-0.4, -0.2) is 10.6 Å². The number of nitrogens with zero attached hydrogens (tertiary/aromatic N) is 1. The van der Waals surface area contributed by atoms with E-state index in [1.807, 2.05) is 18.2 Å². The van der Waals surface area contributed by atoms with Crippen molar-refractivity contribution in [2.75, 3.05) is 5.32 Å². The molecule has 1 heterocycles. The van der Waals surface area contributed by atoms with Crippen molar-refractivity contribution in [3.05, 3.63) is 63.9 Å². The molecule has 0 amide bonds. The third-order valence-corrected chi connectivity index (χ3v) is 5.45. The van der Waals surface area contributed by atoms with Crippen molar-refractivity contribution in [1.29, 1.82) is 0 Å². The van der Waals surface area contributed by atoms with Gasteiger partial charge in [-0.25, -0.2) is 0 Å². The molecule has 0 aliphatic heterocycles. The van der Waals surface area contributed by atoms with E-state index in [0.717, 1.165) is 23.3 Å². The molecule has 3 aromatic rings. The fourth-order valence-corrected chi connectivity index (χ4v) is 3.94. The summed E-state index contributed by atoms with van der Waals surface area (Å²) in [5.74, 6) is 0.0568. The topological polar surface area (TPSA) is 43.3 Å². The van der Waals surface area contributed by atoms with Gasteiger partial charge in [0.25, 0.3) is 5.56 Å². The lowest BCUT2D eigenvalue weighted by atomic mass is 10.1. The van der Waals surface area contributed by atoms with Crippen LogP contribution in [0.1, 0.15) is 19.8 Å². The molecule has 3 rings (SSSR count). The van der Waals surface area contributed by atoms with E-state index in [1.165, 1.54) is 23.7 Å². The number of anilines is 2. The van der Waals surface area contributed by atoms with Crippen LogP contribution in [0, 0.1) is 0 Å². The molecule has 0 spiro atoms. The Balaban J connectivity index is 1.96. The number of alkyl halides is 2. The lowest BCUT2D eigenvalue weighted by Gasteiger charge is -2.08. The summed E-state index contributed by atoms with van der Waals surface area (Å²) >= 11 is 7.50. The number of hydrogen-bond acceptors (Lipinski definition) is 4. The smallest absolute Gasteiger partial charge is 0.387 e. The second-order valence-corrected chi connectivity index (χ2v) is 7.56. The van der Waals surface area contributed by atoms with Crippen molar-refractivity contribution in [3.8, 4) is 16.2 Å². The van der Waals surface area contributed by atoms with Crippen LogP contribution in [0.15, 0.2) is 53.3 Å². The van der Waals surface area contributed by atoms with Gasteiger partial charge in [-0.15, -0.1) is 0 Å². The zero-order valence-electron chi connectivity index (χ0n) is 15.1. The largest absolute Gasteiger partial charge is 0.435 e. The number of nitrogens with one attached hydrogen (secondary N) is 1. The lowest BCUT2D eigenvalue weighted by molar-refractivity contribution is -0.0498. The number of unbranched alkanes of at least 4 members (excludes halogenated alkanes) is 1. The summed E-state index contributed by atoms with van der Waals surface area (Å²) in [6, 6.07) is 13.3. The van der Waals surface area contributed by atoms with Gasteiger partial charge in [-0.1, -0.05) is 48.6 Å². The number of rotatable bonds is 8. The molecule has 1 N–H and O–H groups in total. The van der Waals surface area contributed by atoms with E-state index in [2.05, 4.69) is 17.0 Å². The Labute approximate surface area is 170 Å². The molecule has 4 nitrogen and oxygen atoms in total. The predicted octanol–water partition coefficient (Wildman–Crippen LogP) is 6.38. The number of hydrogen-bond donors (Lipinski definition) is 1. The summed E-state index contributed by atoms with van der Waals surface area (Å²) in [6.07, 6.45) is 1.87. The maximum Gasteiger partial charge on any atom is 0.387 e. The van der Waals surface area contributed by atoms with E-state index >= 15 is 0 Å². The molecule has 0 saturated carbocycles. The SMILES string of the molecule is CCCCn1sc(-c2cccc(Cl)c2)c(Nc2ccc(OC(F)F)cc2)c1=O. The Hall–Kier alpha value is -2.38. The molecule has 2 aromatic carbocycles. The molecule has 0 aliphatic rings. The van der Waals surface area contributed by atoms with Gasteiger partial charge in [-0.2, -0.15) is 8.78 Å². The van der Waals surface area contributed by atoms with Gasteiger partial charge in [0.1, 0.15) is 11.4 Å². The Bertz CT molecular complexity index is 987. The van der Waals surface area contributed by atoms with Crippen LogP contribution in [0.3, 0.4) is 0 Å². The molecule has 0 bridgehead atoms. The van der Waals surface area contributed by atoms with Gasteiger partial charge in [-0.3, -0.25) is 8.75 Å². The molecule has 0 radical (unpaired) electrons. The van der Waals surface area contributed by atoms with Gasteiger partial charge in [0.2, 0.25) is 0 Å². The van der Waals surface area contributed by atoms with Crippen molar-refractivity contribution in [2.24, 2.45) is 0 Å². The average molecular weight is 425 g/mol. The van der Waals surface area contributed by atoms with Gasteiger partial charge in [-0.05, 0) is 48.4 Å². The van der Waals surface area contributed by atoms with E-state index in [9.17, 15) is 13.6 Å². The third kappa shape index (κ3) is 4.91. The number of aromatic nitrogens is 1. The van der Waals surface area contributed by atoms with E-state index in [-0.39, 0.29) is 11.3 Å². The number of ether oxygens (including phenoxy) is 1. The summed E-state index contributed by atoms with van der Waals surface area (Å²) in [7, 11) is 0. The molecule has 0 saturated heterocycles. The monoisotopic (exact) mass is 424 g/mol.